The molecule has 54 heavy (non-hydrogen) atoms. The Balaban J connectivity index is 1.19. The highest BCUT2D eigenvalue weighted by molar-refractivity contribution is 5.84. The van der Waals surface area contributed by atoms with Crippen LogP contribution in [0.15, 0.2) is 85.7 Å². The Hall–Kier alpha value is -5.95. The van der Waals surface area contributed by atoms with Gasteiger partial charge in [0.05, 0.1) is 25.2 Å². The highest BCUT2D eigenvalue weighted by Gasteiger charge is 2.53. The van der Waals surface area contributed by atoms with Gasteiger partial charge >= 0.3 is 12.1 Å². The fraction of sp³-hybridized carbons (Fsp3) is 0.371. The second-order valence-electron chi connectivity index (χ2n) is 13.0. The maximum absolute atomic E-state index is 13.5. The number of alkyl halides is 3. The lowest BCUT2D eigenvalue weighted by atomic mass is 9.91. The van der Waals surface area contributed by atoms with Gasteiger partial charge in [-0.1, -0.05) is 60.7 Å². The molecule has 0 amide bonds. The first kappa shape index (κ1) is 35.1. The molecule has 0 bridgehead atoms. The Bertz CT molecular complexity index is 2160. The minimum absolute atomic E-state index is 0.0929. The van der Waals surface area contributed by atoms with Gasteiger partial charge in [0.15, 0.2) is 35.4 Å². The summed E-state index contributed by atoms with van der Waals surface area (Å²) >= 11 is 0. The van der Waals surface area contributed by atoms with E-state index in [9.17, 15) is 23.1 Å². The zero-order chi connectivity index (χ0) is 37.4. The van der Waals surface area contributed by atoms with Crippen LogP contribution in [0.4, 0.5) is 24.9 Å². The minimum Gasteiger partial charge on any atom is -0.448 e. The number of aliphatic hydroxyl groups excluding tert-OH is 1. The number of fused-ring (bicyclic) bond motifs is 1. The number of aliphatic hydroxyl groups is 1. The number of tetrazole rings is 1. The molecule has 19 heteroatoms. The number of rotatable bonds is 11. The van der Waals surface area contributed by atoms with E-state index in [2.05, 4.69) is 30.7 Å². The average Bonchev–Trinajstić information content (AvgIpc) is 4.03. The van der Waals surface area contributed by atoms with Gasteiger partial charge in [-0.05, 0) is 29.7 Å². The molecule has 280 valence electrons. The van der Waals surface area contributed by atoms with E-state index in [0.717, 1.165) is 17.5 Å². The van der Waals surface area contributed by atoms with Crippen molar-refractivity contribution < 1.29 is 32.5 Å². The molecule has 5 atom stereocenters. The van der Waals surface area contributed by atoms with Crippen molar-refractivity contribution in [2.24, 2.45) is 0 Å². The molecule has 4 aromatic heterocycles. The van der Waals surface area contributed by atoms with Crippen LogP contribution in [-0.2, 0) is 20.8 Å². The second-order valence-corrected chi connectivity index (χ2v) is 13.0. The van der Waals surface area contributed by atoms with Crippen molar-refractivity contribution in [3.63, 3.8) is 0 Å². The molecular formula is C35H35F3N12O4. The molecule has 16 nitrogen and oxygen atoms in total. The number of aryl methyl sites for hydroxylation is 1. The molecule has 0 unspecified atom stereocenters. The molecule has 6 aromatic rings. The summed E-state index contributed by atoms with van der Waals surface area (Å²) < 4.78 is 55.0. The van der Waals surface area contributed by atoms with E-state index >= 15 is 0 Å². The second kappa shape index (κ2) is 14.5. The summed E-state index contributed by atoms with van der Waals surface area (Å²) in [7, 11) is 0. The molecule has 0 radical (unpaired) electrons. The highest BCUT2D eigenvalue weighted by Crippen LogP contribution is 2.42. The van der Waals surface area contributed by atoms with Crippen LogP contribution >= 0.6 is 0 Å². The van der Waals surface area contributed by atoms with Crippen molar-refractivity contribution >= 4 is 28.9 Å². The number of nitrogens with one attached hydrogen (secondary N) is 1. The van der Waals surface area contributed by atoms with Gasteiger partial charge < -0.3 is 29.4 Å². The first-order chi connectivity index (χ1) is 26.2. The predicted molar refractivity (Wildman–Crippen MR) is 185 cm³/mol. The number of nitrogens with zero attached hydrogens (tertiary/aromatic N) is 11. The number of aromatic nitrogens is 10. The van der Waals surface area contributed by atoms with Gasteiger partial charge in [-0.3, -0.25) is 4.57 Å². The number of hydrogen-bond donors (Lipinski definition) is 2. The fourth-order valence-electron chi connectivity index (χ4n) is 6.91. The number of benzene rings is 2. The van der Waals surface area contributed by atoms with Gasteiger partial charge in [-0.25, -0.2) is 14.8 Å². The van der Waals surface area contributed by atoms with Crippen molar-refractivity contribution in [1.82, 2.24) is 49.3 Å². The van der Waals surface area contributed by atoms with E-state index < -0.39 is 36.7 Å². The molecule has 2 N–H and O–H groups in total. The predicted octanol–water partition coefficient (Wildman–Crippen LogP) is 3.83. The van der Waals surface area contributed by atoms with E-state index in [1.165, 1.54) is 15.7 Å². The molecule has 6 heterocycles. The summed E-state index contributed by atoms with van der Waals surface area (Å²) in [5.41, 5.74) is 2.58. The summed E-state index contributed by atoms with van der Waals surface area (Å²) in [5.74, 6) is -1.99. The summed E-state index contributed by atoms with van der Waals surface area (Å²) in [4.78, 5) is 34.0. The van der Waals surface area contributed by atoms with Crippen LogP contribution in [-0.4, -0.2) is 98.4 Å². The quantitative estimate of drug-likeness (QED) is 0.183. The van der Waals surface area contributed by atoms with E-state index in [-0.39, 0.29) is 28.9 Å². The topological polar surface area (TPSA) is 176 Å². The number of ether oxygens (including phenoxy) is 2. The van der Waals surface area contributed by atoms with Gasteiger partial charge in [0, 0.05) is 37.9 Å². The standard InChI is InChI=1S/C35H35F3N12O4/c1-2-50-45-30(44-46-50)27-26(51)28(54-33(52)35(36,37)38)32(53-27)49-20-41-25-29(40-17-24(21-9-5-3-6-10-21)22-11-7-4-8-12-22)42-34(43-31(25)49)47-15-13-23(18-47)48-16-14-39-19-48/h3-12,14,16,19-20,23-24,26-28,32,51H,2,13,15,17-18H2,1H3,(H,40,42,43)/t23-,26-,27+,28-,32-/m1/s1. The molecule has 8 rings (SSSR count). The monoisotopic (exact) mass is 744 g/mol. The molecule has 2 saturated heterocycles. The molecule has 2 aromatic carbocycles. The maximum Gasteiger partial charge on any atom is 0.490 e. The third kappa shape index (κ3) is 6.82. The normalized spacial score (nSPS) is 21.7. The zero-order valence-electron chi connectivity index (χ0n) is 28.8. The minimum atomic E-state index is -5.34. The van der Waals surface area contributed by atoms with Crippen molar-refractivity contribution in [1.29, 1.82) is 0 Å². The van der Waals surface area contributed by atoms with Crippen molar-refractivity contribution in [3.8, 4) is 0 Å². The van der Waals surface area contributed by atoms with Gasteiger partial charge in [-0.15, -0.1) is 10.2 Å². The van der Waals surface area contributed by atoms with E-state index in [4.69, 9.17) is 19.4 Å². The molecule has 2 aliphatic heterocycles. The van der Waals surface area contributed by atoms with Gasteiger partial charge in [0.1, 0.15) is 6.10 Å². The number of imidazole rings is 2. The number of esters is 1. The third-order valence-corrected chi connectivity index (χ3v) is 9.65. The number of carbonyl (C=O) groups excluding carboxylic acids is 1. The Morgan fingerprint density at radius 1 is 1.07 bits per heavy atom. The summed E-state index contributed by atoms with van der Waals surface area (Å²) in [6.45, 7) is 3.65. The van der Waals surface area contributed by atoms with Crippen molar-refractivity contribution in [2.45, 2.75) is 62.6 Å². The Labute approximate surface area is 305 Å². The SMILES string of the molecule is CCn1nnc([C@H]2O[C@@H](n3cnc4c(NCC(c5ccccc5)c5ccccc5)nc(N5CC[C@@H](n6ccnc6)C5)nc43)[C@H](OC(=O)C(F)(F)F)[C@@H]2O)n1. The number of anilines is 2. The van der Waals surface area contributed by atoms with E-state index in [1.54, 1.807) is 19.4 Å². The number of carbonyl (C=O) groups is 1. The molecule has 0 saturated carbocycles. The zero-order valence-corrected chi connectivity index (χ0v) is 28.8. The number of hydrogen-bond acceptors (Lipinski definition) is 13. The third-order valence-electron chi connectivity index (χ3n) is 9.65. The molecule has 0 aliphatic carbocycles. The smallest absolute Gasteiger partial charge is 0.448 e. The van der Waals surface area contributed by atoms with Gasteiger partial charge in [0.2, 0.25) is 11.8 Å². The van der Waals surface area contributed by atoms with Crippen molar-refractivity contribution in [2.75, 3.05) is 29.9 Å². The Kier molecular flexibility index (Phi) is 9.40. The van der Waals surface area contributed by atoms with Crippen LogP contribution in [0.5, 0.6) is 0 Å². The molecule has 2 aliphatic rings. The highest BCUT2D eigenvalue weighted by atomic mass is 19.4. The van der Waals surface area contributed by atoms with E-state index in [1.807, 2.05) is 76.3 Å². The lowest BCUT2D eigenvalue weighted by Crippen LogP contribution is -2.38. The van der Waals surface area contributed by atoms with Crippen LogP contribution in [0.25, 0.3) is 11.2 Å². The van der Waals surface area contributed by atoms with E-state index in [0.29, 0.717) is 37.9 Å². The van der Waals surface area contributed by atoms with Crippen LogP contribution in [0.3, 0.4) is 0 Å². The van der Waals surface area contributed by atoms with Gasteiger partial charge in [0.25, 0.3) is 0 Å². The summed E-state index contributed by atoms with van der Waals surface area (Å²) in [6.07, 6.45) is -4.48. The summed E-state index contributed by atoms with van der Waals surface area (Å²) in [5, 5.41) is 26.8. The maximum atomic E-state index is 13.5. The first-order valence-electron chi connectivity index (χ1n) is 17.4. The lowest BCUT2D eigenvalue weighted by molar-refractivity contribution is -0.211. The molecular weight excluding hydrogens is 709 g/mol. The fourth-order valence-corrected chi connectivity index (χ4v) is 6.91. The largest absolute Gasteiger partial charge is 0.490 e. The molecule has 2 fully saturated rings. The van der Waals surface area contributed by atoms with Crippen LogP contribution < -0.4 is 10.2 Å². The Morgan fingerprint density at radius 3 is 2.46 bits per heavy atom. The van der Waals surface area contributed by atoms with Gasteiger partial charge in [-0.2, -0.15) is 27.9 Å². The molecule has 0 spiro atoms. The number of halogens is 3. The van der Waals surface area contributed by atoms with Crippen LogP contribution in [0.2, 0.25) is 0 Å². The average molecular weight is 745 g/mol. The Morgan fingerprint density at radius 2 is 1.81 bits per heavy atom. The van der Waals surface area contributed by atoms with Crippen molar-refractivity contribution in [3.05, 3.63) is 103 Å². The summed E-state index contributed by atoms with van der Waals surface area (Å²) in [6, 6.07) is 20.1. The first-order valence-corrected chi connectivity index (χ1v) is 17.4. The van der Waals surface area contributed by atoms with Crippen LogP contribution in [0, 0.1) is 0 Å². The lowest BCUT2D eigenvalue weighted by Gasteiger charge is -2.23. The van der Waals surface area contributed by atoms with Crippen LogP contribution in [0.1, 0.15) is 54.6 Å².